The molecule has 0 saturated heterocycles. The smallest absolute Gasteiger partial charge is 0.242 e. The van der Waals surface area contributed by atoms with E-state index in [1.165, 1.54) is 0 Å². The van der Waals surface area contributed by atoms with Crippen molar-refractivity contribution in [2.45, 2.75) is 53.1 Å². The Kier molecular flexibility index (Phi) is 7.55. The van der Waals surface area contributed by atoms with Crippen molar-refractivity contribution in [2.24, 2.45) is 5.92 Å². The molecule has 2 aromatic rings. The molecule has 2 amide bonds. The molecule has 0 bridgehead atoms. The predicted octanol–water partition coefficient (Wildman–Crippen LogP) is 3.85. The maximum Gasteiger partial charge on any atom is 0.242 e. The number of nitrogens with zero attached hydrogens (tertiary/aromatic N) is 1. The van der Waals surface area contributed by atoms with E-state index in [0.29, 0.717) is 37.6 Å². The second-order valence-electron chi connectivity index (χ2n) is 8.45. The predicted molar refractivity (Wildman–Crippen MR) is 120 cm³/mol. The summed E-state index contributed by atoms with van der Waals surface area (Å²) in [4.78, 5) is 27.7. The number of hydrogen-bond donors (Lipinski definition) is 1. The van der Waals surface area contributed by atoms with Crippen LogP contribution in [0.4, 0.5) is 0 Å². The molecule has 0 unspecified atom stereocenters. The van der Waals surface area contributed by atoms with Gasteiger partial charge in [0.05, 0.1) is 0 Å². The van der Waals surface area contributed by atoms with Crippen molar-refractivity contribution in [1.82, 2.24) is 10.2 Å². The molecule has 1 heterocycles. The largest absolute Gasteiger partial charge is 0.454 e. The molecular weight excluding hydrogens is 392 g/mol. The van der Waals surface area contributed by atoms with Crippen LogP contribution in [0.15, 0.2) is 42.5 Å². The molecule has 0 radical (unpaired) electrons. The van der Waals surface area contributed by atoms with Crippen LogP contribution in [-0.2, 0) is 22.6 Å². The summed E-state index contributed by atoms with van der Waals surface area (Å²) < 4.78 is 10.8. The Hall–Kier alpha value is -3.02. The van der Waals surface area contributed by atoms with E-state index in [9.17, 15) is 9.59 Å². The molecule has 0 fully saturated rings. The summed E-state index contributed by atoms with van der Waals surface area (Å²) in [5, 5.41) is 2.96. The minimum absolute atomic E-state index is 0.0480. The highest BCUT2D eigenvalue weighted by Crippen LogP contribution is 2.32. The zero-order chi connectivity index (χ0) is 22.4. The lowest BCUT2D eigenvalue weighted by molar-refractivity contribution is -0.140. The van der Waals surface area contributed by atoms with Crippen LogP contribution in [-0.4, -0.2) is 36.1 Å². The topological polar surface area (TPSA) is 67.9 Å². The number of rotatable bonds is 9. The van der Waals surface area contributed by atoms with E-state index in [1.807, 2.05) is 63.2 Å². The summed E-state index contributed by atoms with van der Waals surface area (Å²) in [6, 6.07) is 13.1. The van der Waals surface area contributed by atoms with E-state index in [4.69, 9.17) is 9.47 Å². The van der Waals surface area contributed by atoms with Gasteiger partial charge >= 0.3 is 0 Å². The molecule has 1 N–H and O–H groups in total. The van der Waals surface area contributed by atoms with E-state index in [-0.39, 0.29) is 18.6 Å². The van der Waals surface area contributed by atoms with E-state index in [2.05, 4.69) is 5.32 Å². The number of benzene rings is 2. The van der Waals surface area contributed by atoms with Crippen molar-refractivity contribution >= 4 is 11.8 Å². The molecule has 1 aliphatic rings. The highest BCUT2D eigenvalue weighted by Gasteiger charge is 2.26. The first-order valence-electron chi connectivity index (χ1n) is 10.9. The Morgan fingerprint density at radius 1 is 1.06 bits per heavy atom. The second kappa shape index (κ2) is 10.3. The highest BCUT2D eigenvalue weighted by molar-refractivity contribution is 5.87. The van der Waals surface area contributed by atoms with Gasteiger partial charge in [0.25, 0.3) is 0 Å². The van der Waals surface area contributed by atoms with Crippen LogP contribution in [0.5, 0.6) is 11.5 Å². The van der Waals surface area contributed by atoms with E-state index >= 15 is 0 Å². The van der Waals surface area contributed by atoms with Crippen LogP contribution < -0.4 is 14.8 Å². The van der Waals surface area contributed by atoms with Crippen molar-refractivity contribution in [1.29, 1.82) is 0 Å². The molecule has 0 aliphatic carbocycles. The zero-order valence-corrected chi connectivity index (χ0v) is 18.8. The summed E-state index contributed by atoms with van der Waals surface area (Å²) in [5.74, 6) is 1.62. The summed E-state index contributed by atoms with van der Waals surface area (Å²) in [6.45, 7) is 9.14. The lowest BCUT2D eigenvalue weighted by Gasteiger charge is -2.29. The molecule has 6 nitrogen and oxygen atoms in total. The first-order valence-corrected chi connectivity index (χ1v) is 10.9. The van der Waals surface area contributed by atoms with Gasteiger partial charge in [0.2, 0.25) is 18.6 Å². The number of carbonyl (C=O) groups excluding carboxylic acids is 2. The average molecular weight is 425 g/mol. The molecule has 1 aliphatic heterocycles. The number of hydrogen-bond acceptors (Lipinski definition) is 4. The van der Waals surface area contributed by atoms with Gasteiger partial charge in [0.1, 0.15) is 6.04 Å². The Bertz CT molecular complexity index is 925. The van der Waals surface area contributed by atoms with Gasteiger partial charge in [-0.15, -0.1) is 0 Å². The van der Waals surface area contributed by atoms with Gasteiger partial charge in [-0.3, -0.25) is 9.59 Å². The summed E-state index contributed by atoms with van der Waals surface area (Å²) in [5.41, 5.74) is 3.15. The minimum Gasteiger partial charge on any atom is -0.454 e. The Balaban J connectivity index is 1.71. The van der Waals surface area contributed by atoms with Gasteiger partial charge in [-0.25, -0.2) is 0 Å². The van der Waals surface area contributed by atoms with Gasteiger partial charge in [0.15, 0.2) is 11.5 Å². The van der Waals surface area contributed by atoms with Crippen LogP contribution >= 0.6 is 0 Å². The third-order valence-electron chi connectivity index (χ3n) is 5.52. The van der Waals surface area contributed by atoms with Crippen LogP contribution in [0.1, 0.15) is 43.9 Å². The van der Waals surface area contributed by atoms with Crippen molar-refractivity contribution in [3.63, 3.8) is 0 Å². The van der Waals surface area contributed by atoms with Crippen molar-refractivity contribution in [3.8, 4) is 11.5 Å². The normalized spacial score (nSPS) is 13.2. The summed E-state index contributed by atoms with van der Waals surface area (Å²) in [7, 11) is 0. The molecule has 166 valence electrons. The molecular formula is C25H32N2O4. The van der Waals surface area contributed by atoms with Crippen molar-refractivity contribution in [2.75, 3.05) is 13.3 Å². The van der Waals surface area contributed by atoms with Crippen molar-refractivity contribution < 1.29 is 19.1 Å². The fraction of sp³-hybridized carbons (Fsp3) is 0.440. The Morgan fingerprint density at radius 2 is 1.81 bits per heavy atom. The van der Waals surface area contributed by atoms with Gasteiger partial charge in [-0.2, -0.15) is 0 Å². The van der Waals surface area contributed by atoms with Crippen LogP contribution in [0.3, 0.4) is 0 Å². The average Bonchev–Trinajstić information content (AvgIpc) is 3.22. The molecule has 0 aromatic heterocycles. The maximum atomic E-state index is 13.2. The van der Waals surface area contributed by atoms with Gasteiger partial charge < -0.3 is 19.7 Å². The number of amides is 2. The summed E-state index contributed by atoms with van der Waals surface area (Å²) >= 11 is 0. The Morgan fingerprint density at radius 3 is 2.55 bits per heavy atom. The fourth-order valence-corrected chi connectivity index (χ4v) is 3.50. The third-order valence-corrected chi connectivity index (χ3v) is 5.52. The van der Waals surface area contributed by atoms with Crippen molar-refractivity contribution in [3.05, 3.63) is 59.2 Å². The lowest BCUT2D eigenvalue weighted by atomic mass is 10.1. The zero-order valence-electron chi connectivity index (χ0n) is 18.8. The first-order chi connectivity index (χ1) is 14.8. The monoisotopic (exact) mass is 424 g/mol. The lowest BCUT2D eigenvalue weighted by Crippen LogP contribution is -2.48. The van der Waals surface area contributed by atoms with Crippen LogP contribution in [0.2, 0.25) is 0 Å². The number of aryl methyl sites for hydroxylation is 2. The highest BCUT2D eigenvalue weighted by atomic mass is 16.7. The van der Waals surface area contributed by atoms with E-state index in [1.54, 1.807) is 11.8 Å². The molecule has 1 atom stereocenters. The van der Waals surface area contributed by atoms with Gasteiger partial charge in [0, 0.05) is 19.5 Å². The van der Waals surface area contributed by atoms with Gasteiger partial charge in [-0.1, -0.05) is 44.2 Å². The molecule has 0 spiro atoms. The van der Waals surface area contributed by atoms with Crippen LogP contribution in [0.25, 0.3) is 0 Å². The summed E-state index contributed by atoms with van der Waals surface area (Å²) in [6.07, 6.45) is 0.882. The SMILES string of the molecule is Cc1ccccc1CN(C(=O)CCc1ccc2c(c1)OCO2)[C@@H](C)C(=O)NCC(C)C. The van der Waals surface area contributed by atoms with E-state index < -0.39 is 6.04 Å². The number of nitrogens with one attached hydrogen (secondary N) is 1. The Labute approximate surface area is 184 Å². The molecule has 6 heteroatoms. The molecule has 0 saturated carbocycles. The van der Waals surface area contributed by atoms with E-state index in [0.717, 1.165) is 22.4 Å². The second-order valence-corrected chi connectivity index (χ2v) is 8.45. The molecule has 31 heavy (non-hydrogen) atoms. The first kappa shape index (κ1) is 22.7. The number of ether oxygens (including phenoxy) is 2. The van der Waals surface area contributed by atoms with Crippen LogP contribution in [0, 0.1) is 12.8 Å². The minimum atomic E-state index is -0.553. The quantitative estimate of drug-likeness (QED) is 0.664. The molecule has 2 aromatic carbocycles. The number of fused-ring (bicyclic) bond motifs is 1. The fourth-order valence-electron chi connectivity index (χ4n) is 3.50. The standard InChI is InChI=1S/C25H32N2O4/c1-17(2)14-26-25(29)19(4)27(15-21-8-6-5-7-18(21)3)24(28)12-10-20-9-11-22-23(13-20)31-16-30-22/h5-9,11,13,17,19H,10,12,14-16H2,1-4H3,(H,26,29)/t19-/m0/s1. The molecule has 3 rings (SSSR count). The number of carbonyl (C=O) groups is 2. The van der Waals surface area contributed by atoms with Gasteiger partial charge in [-0.05, 0) is 55.0 Å². The maximum absolute atomic E-state index is 13.2. The third kappa shape index (κ3) is 6.00.